The second-order valence-corrected chi connectivity index (χ2v) is 13.1. The number of carbonyl (C=O) groups excluding carboxylic acids is 1. The lowest BCUT2D eigenvalue weighted by Gasteiger charge is -2.46. The molecule has 2 aromatic heterocycles. The molecular formula is C35H36F5N7O4. The summed E-state index contributed by atoms with van der Waals surface area (Å²) in [6.45, 7) is 1.22. The van der Waals surface area contributed by atoms with Crippen molar-refractivity contribution in [2.75, 3.05) is 31.9 Å². The van der Waals surface area contributed by atoms with Crippen molar-refractivity contribution < 1.29 is 36.6 Å². The van der Waals surface area contributed by atoms with Gasteiger partial charge in [-0.25, -0.2) is 13.8 Å². The average Bonchev–Trinajstić information content (AvgIpc) is 3.10. The van der Waals surface area contributed by atoms with Crippen molar-refractivity contribution in [1.29, 1.82) is 0 Å². The lowest BCUT2D eigenvalue weighted by atomic mass is 9.78. The number of hydrogen-bond acceptors (Lipinski definition) is 9. The number of nitrogens with zero attached hydrogens (tertiary/aromatic N) is 6. The smallest absolute Gasteiger partial charge is 0.416 e. The van der Waals surface area contributed by atoms with E-state index in [-0.39, 0.29) is 18.2 Å². The van der Waals surface area contributed by atoms with Crippen LogP contribution in [0.2, 0.25) is 0 Å². The van der Waals surface area contributed by atoms with Crippen LogP contribution in [0.1, 0.15) is 41.3 Å². The molecular weight excluding hydrogens is 677 g/mol. The van der Waals surface area contributed by atoms with E-state index in [0.29, 0.717) is 36.7 Å². The highest BCUT2D eigenvalue weighted by Crippen LogP contribution is 2.41. The molecule has 2 aliphatic heterocycles. The Labute approximate surface area is 289 Å². The Kier molecular flexibility index (Phi) is 9.83. The number of likely N-dealkylation sites (tertiary alicyclic amines) is 2. The van der Waals surface area contributed by atoms with Crippen molar-refractivity contribution in [2.45, 2.75) is 56.5 Å². The number of ether oxygens (including phenoxy) is 1. The molecule has 0 saturated carbocycles. The largest absolute Gasteiger partial charge is 0.437 e. The van der Waals surface area contributed by atoms with E-state index >= 15 is 8.78 Å². The summed E-state index contributed by atoms with van der Waals surface area (Å²) in [5.74, 6) is -5.99. The molecule has 0 radical (unpaired) electrons. The van der Waals surface area contributed by atoms with Crippen LogP contribution in [-0.4, -0.2) is 78.0 Å². The number of nitrogens with two attached hydrogens (primary N) is 1. The fraction of sp³-hybridized carbons (Fsp3) is 0.400. The van der Waals surface area contributed by atoms with Crippen molar-refractivity contribution in [3.63, 3.8) is 0 Å². The number of alkyl halides is 5. The molecule has 6 rings (SSSR count). The van der Waals surface area contributed by atoms with Crippen LogP contribution < -0.4 is 16.0 Å². The normalized spacial score (nSPS) is 22.5. The van der Waals surface area contributed by atoms with E-state index < -0.39 is 71.7 Å². The maximum atomic E-state index is 15.9. The molecule has 2 aromatic carbocycles. The van der Waals surface area contributed by atoms with Crippen LogP contribution in [0.25, 0.3) is 0 Å². The van der Waals surface area contributed by atoms with Crippen LogP contribution in [0.3, 0.4) is 0 Å². The van der Waals surface area contributed by atoms with Crippen LogP contribution in [-0.2, 0) is 24.1 Å². The molecule has 1 amide bonds. The predicted molar refractivity (Wildman–Crippen MR) is 175 cm³/mol. The number of hydrogen-bond donors (Lipinski definition) is 2. The van der Waals surface area contributed by atoms with E-state index in [1.807, 2.05) is 37.3 Å². The van der Waals surface area contributed by atoms with Crippen LogP contribution in [0.4, 0.5) is 27.6 Å². The van der Waals surface area contributed by atoms with E-state index in [1.54, 1.807) is 12.4 Å². The number of rotatable bonds is 8. The minimum absolute atomic E-state index is 0.194. The van der Waals surface area contributed by atoms with Gasteiger partial charge in [0.2, 0.25) is 11.8 Å². The topological polar surface area (TPSA) is 140 Å². The van der Waals surface area contributed by atoms with E-state index in [9.17, 15) is 27.9 Å². The van der Waals surface area contributed by atoms with Gasteiger partial charge < -0.3 is 20.5 Å². The minimum Gasteiger partial charge on any atom is -0.437 e. The number of nitrogen functional groups attached to an aromatic ring is 1. The van der Waals surface area contributed by atoms with E-state index in [2.05, 4.69) is 19.9 Å². The molecule has 0 aliphatic carbocycles. The summed E-state index contributed by atoms with van der Waals surface area (Å²) >= 11 is 0. The van der Waals surface area contributed by atoms with Gasteiger partial charge in [-0.2, -0.15) is 13.2 Å². The maximum absolute atomic E-state index is 15.9. The summed E-state index contributed by atoms with van der Waals surface area (Å²) in [5.41, 5.74) is 2.90. The number of aryl methyl sites for hydroxylation is 1. The second kappa shape index (κ2) is 14.0. The first kappa shape index (κ1) is 35.9. The average molecular weight is 714 g/mol. The molecule has 2 aliphatic rings. The fourth-order valence-electron chi connectivity index (χ4n) is 6.63. The van der Waals surface area contributed by atoms with Gasteiger partial charge in [0, 0.05) is 50.3 Å². The van der Waals surface area contributed by atoms with Crippen LogP contribution in [0, 0.1) is 12.8 Å². The SMILES string of the molecule is Cc1cnc(CN2CC[C@@H](C(=O)N3CC[C@](O)(Cn4cnc(Oc5cccc(C(F)(F)F)c5)c(N)c4=O)C(F)(F)C3)[C@H](c3ccccc3)C2)cn1. The first-order valence-electron chi connectivity index (χ1n) is 16.3. The zero-order chi connectivity index (χ0) is 36.6. The molecule has 3 atom stereocenters. The van der Waals surface area contributed by atoms with Gasteiger partial charge in [-0.1, -0.05) is 36.4 Å². The Morgan fingerprint density at radius 1 is 1.06 bits per heavy atom. The van der Waals surface area contributed by atoms with Gasteiger partial charge in [0.15, 0.2) is 5.69 Å². The Hall–Kier alpha value is -4.96. The third-order valence-electron chi connectivity index (χ3n) is 9.48. The third-order valence-corrected chi connectivity index (χ3v) is 9.48. The zero-order valence-corrected chi connectivity index (χ0v) is 27.6. The number of amides is 1. The molecule has 0 spiro atoms. The van der Waals surface area contributed by atoms with Crippen molar-refractivity contribution in [3.05, 3.63) is 106 Å². The molecule has 270 valence electrons. The lowest BCUT2D eigenvalue weighted by Crippen LogP contribution is -2.64. The highest BCUT2D eigenvalue weighted by atomic mass is 19.4. The van der Waals surface area contributed by atoms with Crippen molar-refractivity contribution >= 4 is 11.6 Å². The monoisotopic (exact) mass is 713 g/mol. The summed E-state index contributed by atoms with van der Waals surface area (Å²) in [6, 6.07) is 13.2. The standard InChI is InChI=1S/C35H36F5N7O4/c1-22-15-43-25(16-42-22)17-45-12-10-27(28(18-45)23-6-3-2-4-7-23)31(48)46-13-11-33(50,34(36,37)20-46)19-47-21-44-30(29(41)32(47)49)51-26-9-5-8-24(14-26)35(38,39)40/h2-9,14-16,21,27-28,50H,10-13,17-20,41H2,1H3/t27-,28+,33+/m1/s1. The number of piperidine rings is 2. The van der Waals surface area contributed by atoms with Gasteiger partial charge in [-0.3, -0.25) is 29.0 Å². The van der Waals surface area contributed by atoms with Crippen LogP contribution in [0.5, 0.6) is 11.6 Å². The Bertz CT molecular complexity index is 1930. The van der Waals surface area contributed by atoms with Gasteiger partial charge in [0.1, 0.15) is 17.7 Å². The highest BCUT2D eigenvalue weighted by molar-refractivity contribution is 5.80. The Morgan fingerprint density at radius 3 is 2.51 bits per heavy atom. The highest BCUT2D eigenvalue weighted by Gasteiger charge is 2.58. The summed E-state index contributed by atoms with van der Waals surface area (Å²) in [6.07, 6.45) is -0.563. The summed E-state index contributed by atoms with van der Waals surface area (Å²) in [7, 11) is 0. The van der Waals surface area contributed by atoms with Crippen molar-refractivity contribution in [2.24, 2.45) is 5.92 Å². The van der Waals surface area contributed by atoms with Gasteiger partial charge in [-0.15, -0.1) is 0 Å². The first-order chi connectivity index (χ1) is 24.1. The maximum Gasteiger partial charge on any atom is 0.416 e. The summed E-state index contributed by atoms with van der Waals surface area (Å²) in [5, 5.41) is 11.2. The number of aromatic nitrogens is 4. The minimum atomic E-state index is -4.65. The number of aliphatic hydroxyl groups is 1. The van der Waals surface area contributed by atoms with E-state index in [1.165, 1.54) is 6.07 Å². The number of benzene rings is 2. The van der Waals surface area contributed by atoms with Crippen molar-refractivity contribution in [1.82, 2.24) is 29.3 Å². The molecule has 51 heavy (non-hydrogen) atoms. The molecule has 3 N–H and O–H groups in total. The van der Waals surface area contributed by atoms with E-state index in [4.69, 9.17) is 10.5 Å². The number of anilines is 1. The van der Waals surface area contributed by atoms with Gasteiger partial charge >= 0.3 is 6.18 Å². The van der Waals surface area contributed by atoms with Crippen LogP contribution in [0.15, 0.2) is 78.1 Å². The Morgan fingerprint density at radius 2 is 1.82 bits per heavy atom. The molecule has 0 bridgehead atoms. The molecule has 2 saturated heterocycles. The van der Waals surface area contributed by atoms with Gasteiger partial charge in [0.05, 0.1) is 30.0 Å². The zero-order valence-electron chi connectivity index (χ0n) is 27.6. The number of carbonyl (C=O) groups is 1. The molecule has 4 aromatic rings. The molecule has 0 unspecified atom stereocenters. The third kappa shape index (κ3) is 7.71. The fourth-order valence-corrected chi connectivity index (χ4v) is 6.63. The summed E-state index contributed by atoms with van der Waals surface area (Å²) in [4.78, 5) is 42.9. The van der Waals surface area contributed by atoms with E-state index in [0.717, 1.165) is 40.3 Å². The molecule has 2 fully saturated rings. The lowest BCUT2D eigenvalue weighted by molar-refractivity contribution is -0.223. The molecule has 11 nitrogen and oxygen atoms in total. The predicted octanol–water partition coefficient (Wildman–Crippen LogP) is 4.64. The Balaban J connectivity index is 1.15. The van der Waals surface area contributed by atoms with Crippen molar-refractivity contribution in [3.8, 4) is 11.6 Å². The van der Waals surface area contributed by atoms with Crippen LogP contribution >= 0.6 is 0 Å². The second-order valence-electron chi connectivity index (χ2n) is 13.1. The molecule has 16 heteroatoms. The first-order valence-corrected chi connectivity index (χ1v) is 16.3. The quantitative estimate of drug-likeness (QED) is 0.250. The van der Waals surface area contributed by atoms with Gasteiger partial charge in [-0.05, 0) is 43.7 Å². The molecule has 4 heterocycles. The summed E-state index contributed by atoms with van der Waals surface area (Å²) < 4.78 is 77.0. The van der Waals surface area contributed by atoms with Gasteiger partial charge in [0.25, 0.3) is 11.5 Å². The number of halogens is 5.